The predicted molar refractivity (Wildman–Crippen MR) is 51.2 cm³/mol. The lowest BCUT2D eigenvalue weighted by Crippen LogP contribution is -2.39. The van der Waals surface area contributed by atoms with Crippen LogP contribution in [0.3, 0.4) is 0 Å². The average molecular weight is 190 g/mol. The number of methoxy groups -OCH3 is 1. The molecule has 74 valence electrons. The Morgan fingerprint density at radius 1 is 1.36 bits per heavy atom. The number of carbonyl (C=O) groups is 1. The monoisotopic (exact) mass is 190 g/mol. The first kappa shape index (κ1) is 8.35. The number of esters is 1. The van der Waals surface area contributed by atoms with Gasteiger partial charge < -0.3 is 4.74 Å². The summed E-state index contributed by atoms with van der Waals surface area (Å²) in [5.74, 6) is 4.26. The molecule has 4 fully saturated rings. The number of rotatable bonds is 1. The third kappa shape index (κ3) is 0.599. The Labute approximate surface area is 84.0 Å². The second-order valence-corrected chi connectivity index (χ2v) is 5.14. The van der Waals surface area contributed by atoms with Gasteiger partial charge in [-0.15, -0.1) is 6.42 Å². The molecule has 14 heavy (non-hydrogen) atoms. The summed E-state index contributed by atoms with van der Waals surface area (Å²) >= 11 is 0. The first-order valence-electron chi connectivity index (χ1n) is 5.24. The second kappa shape index (κ2) is 2.16. The van der Waals surface area contributed by atoms with E-state index >= 15 is 0 Å². The fourth-order valence-electron chi connectivity index (χ4n) is 4.36. The summed E-state index contributed by atoms with van der Waals surface area (Å²) in [5.41, 5.74) is -0.443. The van der Waals surface area contributed by atoms with E-state index < -0.39 is 0 Å². The van der Waals surface area contributed by atoms with Gasteiger partial charge in [0.15, 0.2) is 0 Å². The zero-order chi connectivity index (χ0) is 9.97. The van der Waals surface area contributed by atoms with Crippen LogP contribution in [0.1, 0.15) is 25.7 Å². The largest absolute Gasteiger partial charge is 0.469 e. The van der Waals surface area contributed by atoms with E-state index in [-0.39, 0.29) is 16.8 Å². The van der Waals surface area contributed by atoms with Crippen molar-refractivity contribution in [2.75, 3.05) is 7.11 Å². The van der Waals surface area contributed by atoms with Crippen LogP contribution in [-0.4, -0.2) is 13.1 Å². The Morgan fingerprint density at radius 3 is 2.36 bits per heavy atom. The van der Waals surface area contributed by atoms with E-state index in [1.807, 2.05) is 0 Å². The number of hydrogen-bond donors (Lipinski definition) is 0. The third-order valence-corrected chi connectivity index (χ3v) is 4.88. The number of terminal acetylenes is 1. The highest BCUT2D eigenvalue weighted by Gasteiger charge is 2.74. The van der Waals surface area contributed by atoms with Gasteiger partial charge in [0.2, 0.25) is 0 Å². The molecule has 4 aliphatic carbocycles. The first-order chi connectivity index (χ1) is 6.67. The maximum absolute atomic E-state index is 11.9. The van der Waals surface area contributed by atoms with E-state index in [0.29, 0.717) is 11.8 Å². The minimum absolute atomic E-state index is 0.0575. The number of carbonyl (C=O) groups excluding carboxylic acids is 1. The molecule has 0 N–H and O–H groups in total. The van der Waals surface area contributed by atoms with Crippen molar-refractivity contribution in [3.05, 3.63) is 0 Å². The first-order valence-corrected chi connectivity index (χ1v) is 5.24. The van der Waals surface area contributed by atoms with Gasteiger partial charge in [-0.3, -0.25) is 4.79 Å². The van der Waals surface area contributed by atoms with Gasteiger partial charge in [0.05, 0.1) is 12.5 Å². The predicted octanol–water partition coefficient (Wildman–Crippen LogP) is 1.60. The molecule has 0 amide bonds. The Balaban J connectivity index is 2.10. The highest BCUT2D eigenvalue weighted by molar-refractivity contribution is 5.81. The van der Waals surface area contributed by atoms with Gasteiger partial charge in [-0.25, -0.2) is 0 Å². The summed E-state index contributed by atoms with van der Waals surface area (Å²) in [5, 5.41) is 0. The van der Waals surface area contributed by atoms with Crippen molar-refractivity contribution in [3.8, 4) is 12.3 Å². The Kier molecular flexibility index (Phi) is 1.29. The highest BCUT2D eigenvalue weighted by Crippen LogP contribution is 2.76. The van der Waals surface area contributed by atoms with Crippen molar-refractivity contribution < 1.29 is 9.53 Å². The van der Waals surface area contributed by atoms with E-state index in [9.17, 15) is 4.79 Å². The summed E-state index contributed by atoms with van der Waals surface area (Å²) in [7, 11) is 1.48. The Morgan fingerprint density at radius 2 is 1.93 bits per heavy atom. The summed E-state index contributed by atoms with van der Waals surface area (Å²) in [6.45, 7) is 0. The summed E-state index contributed by atoms with van der Waals surface area (Å²) < 4.78 is 4.94. The van der Waals surface area contributed by atoms with Gasteiger partial charge in [0, 0.05) is 5.41 Å². The fraction of sp³-hybridized carbons (Fsp3) is 0.750. The lowest BCUT2D eigenvalue weighted by atomic mass is 9.68. The minimum Gasteiger partial charge on any atom is -0.469 e. The molecule has 0 radical (unpaired) electrons. The summed E-state index contributed by atoms with van der Waals surface area (Å²) in [6.07, 6.45) is 9.72. The number of ether oxygens (including phenoxy) is 1. The van der Waals surface area contributed by atoms with Gasteiger partial charge in [-0.1, -0.05) is 5.92 Å². The van der Waals surface area contributed by atoms with Crippen molar-refractivity contribution >= 4 is 5.97 Å². The van der Waals surface area contributed by atoms with E-state index in [4.69, 9.17) is 11.2 Å². The van der Waals surface area contributed by atoms with Crippen LogP contribution in [0.15, 0.2) is 0 Å². The van der Waals surface area contributed by atoms with Crippen LogP contribution < -0.4 is 0 Å². The van der Waals surface area contributed by atoms with Crippen molar-refractivity contribution in [1.82, 2.24) is 0 Å². The zero-order valence-electron chi connectivity index (χ0n) is 8.38. The topological polar surface area (TPSA) is 26.3 Å². The molecule has 0 aliphatic heterocycles. The van der Waals surface area contributed by atoms with Crippen molar-refractivity contribution in [2.24, 2.45) is 22.7 Å². The van der Waals surface area contributed by atoms with Gasteiger partial charge in [0.1, 0.15) is 0 Å². The van der Waals surface area contributed by atoms with Crippen LogP contribution in [0, 0.1) is 35.0 Å². The van der Waals surface area contributed by atoms with Crippen LogP contribution >= 0.6 is 0 Å². The van der Waals surface area contributed by atoms with Crippen LogP contribution in [-0.2, 0) is 9.53 Å². The molecule has 0 aromatic rings. The van der Waals surface area contributed by atoms with Crippen LogP contribution in [0.25, 0.3) is 0 Å². The van der Waals surface area contributed by atoms with Crippen LogP contribution in [0.2, 0.25) is 0 Å². The van der Waals surface area contributed by atoms with Crippen molar-refractivity contribution in [2.45, 2.75) is 25.7 Å². The smallest absolute Gasteiger partial charge is 0.313 e. The van der Waals surface area contributed by atoms with Crippen LogP contribution in [0.5, 0.6) is 0 Å². The molecule has 2 heteroatoms. The molecule has 0 saturated heterocycles. The van der Waals surface area contributed by atoms with Gasteiger partial charge >= 0.3 is 5.97 Å². The fourth-order valence-corrected chi connectivity index (χ4v) is 4.36. The maximum atomic E-state index is 11.9. The summed E-state index contributed by atoms with van der Waals surface area (Å²) in [6, 6.07) is 0. The third-order valence-electron chi connectivity index (χ3n) is 4.88. The zero-order valence-corrected chi connectivity index (χ0v) is 8.38. The molecular weight excluding hydrogens is 176 g/mol. The SMILES string of the molecule is C#CC12CC3CC1(C(=O)OC)CC3C2. The Bertz CT molecular complexity index is 336. The molecule has 4 bridgehead atoms. The minimum atomic E-state index is -0.300. The van der Waals surface area contributed by atoms with E-state index in [0.717, 1.165) is 25.7 Å². The molecule has 0 aromatic carbocycles. The molecule has 0 aromatic heterocycles. The summed E-state index contributed by atoms with van der Waals surface area (Å²) in [4.78, 5) is 11.9. The Hall–Kier alpha value is -0.970. The molecular formula is C12H14O2. The van der Waals surface area contributed by atoms with Crippen LogP contribution in [0.4, 0.5) is 0 Å². The standard InChI is InChI=1S/C12H14O2/c1-3-11-4-8-6-12(11,10(13)14-2)7-9(8)5-11/h1,8-9H,4-7H2,2H3. The molecule has 2 unspecified atom stereocenters. The molecule has 4 saturated carbocycles. The molecule has 0 spiro atoms. The number of hydrogen-bond acceptors (Lipinski definition) is 2. The quantitative estimate of drug-likeness (QED) is 0.463. The van der Waals surface area contributed by atoms with Gasteiger partial charge in [0.25, 0.3) is 0 Å². The van der Waals surface area contributed by atoms with Gasteiger partial charge in [-0.05, 0) is 37.5 Å². The normalized spacial score (nSPS) is 52.3. The lowest BCUT2D eigenvalue weighted by molar-refractivity contribution is -0.155. The molecule has 2 atom stereocenters. The van der Waals surface area contributed by atoms with Gasteiger partial charge in [-0.2, -0.15) is 0 Å². The molecule has 0 heterocycles. The molecule has 2 nitrogen and oxygen atoms in total. The van der Waals surface area contributed by atoms with E-state index in [2.05, 4.69) is 5.92 Å². The van der Waals surface area contributed by atoms with E-state index in [1.54, 1.807) is 0 Å². The van der Waals surface area contributed by atoms with Crippen molar-refractivity contribution in [3.63, 3.8) is 0 Å². The highest BCUT2D eigenvalue weighted by atomic mass is 16.5. The van der Waals surface area contributed by atoms with Crippen molar-refractivity contribution in [1.29, 1.82) is 0 Å². The second-order valence-electron chi connectivity index (χ2n) is 5.14. The molecule has 4 rings (SSSR count). The maximum Gasteiger partial charge on any atom is 0.313 e. The average Bonchev–Trinajstić information content (AvgIpc) is 2.85. The molecule has 4 aliphatic rings. The lowest BCUT2D eigenvalue weighted by Gasteiger charge is -2.33. The van der Waals surface area contributed by atoms with E-state index in [1.165, 1.54) is 7.11 Å².